The molecule has 0 fully saturated rings. The fraction of sp³-hybridized carbons (Fsp3) is 0.235. The first-order valence-corrected chi connectivity index (χ1v) is 10.2. The zero-order valence-electron chi connectivity index (χ0n) is 14.2. The molecule has 1 aromatic heterocycles. The lowest BCUT2D eigenvalue weighted by Gasteiger charge is -2.09. The Morgan fingerprint density at radius 3 is 2.67 bits per heavy atom. The molecule has 0 saturated carbocycles. The number of nitriles is 1. The summed E-state index contributed by atoms with van der Waals surface area (Å²) in [5.74, 6) is -1.38. The number of benzene rings is 1. The van der Waals surface area contributed by atoms with Crippen molar-refractivity contribution in [3.05, 3.63) is 52.2 Å². The van der Waals surface area contributed by atoms with Crippen LogP contribution in [0.2, 0.25) is 0 Å². The number of amides is 1. The van der Waals surface area contributed by atoms with E-state index in [0.29, 0.717) is 13.0 Å². The summed E-state index contributed by atoms with van der Waals surface area (Å²) in [5, 5.41) is 13.5. The molecule has 142 valence electrons. The van der Waals surface area contributed by atoms with Gasteiger partial charge in [0.1, 0.15) is 12.6 Å². The molecule has 0 aliphatic heterocycles. The van der Waals surface area contributed by atoms with Gasteiger partial charge in [-0.1, -0.05) is 18.2 Å². The summed E-state index contributed by atoms with van der Waals surface area (Å²) >= 11 is 1.58. The molecule has 2 aromatic rings. The first-order chi connectivity index (χ1) is 12.9. The van der Waals surface area contributed by atoms with Gasteiger partial charge >= 0.3 is 5.97 Å². The van der Waals surface area contributed by atoms with Gasteiger partial charge in [0.05, 0.1) is 10.5 Å². The summed E-state index contributed by atoms with van der Waals surface area (Å²) in [6.45, 7) is -0.737. The molecule has 0 radical (unpaired) electrons. The molecule has 0 aliphatic rings. The average molecular weight is 407 g/mol. The number of hydrogen-bond donors (Lipinski definition) is 2. The van der Waals surface area contributed by atoms with Gasteiger partial charge < -0.3 is 10.1 Å². The predicted molar refractivity (Wildman–Crippen MR) is 98.3 cm³/mol. The standard InChI is InChI=1S/C17H17N3O5S2/c18-10-13-4-1-2-6-15(13)27(23,24)20-11-17(22)25-12-16(21)19-8-7-14-5-3-9-26-14/h1-6,9,20H,7-8,11-12H2,(H,19,21). The molecule has 2 N–H and O–H groups in total. The Morgan fingerprint density at radius 1 is 1.19 bits per heavy atom. The maximum Gasteiger partial charge on any atom is 0.321 e. The zero-order chi connectivity index (χ0) is 19.7. The molecule has 1 amide bonds. The van der Waals surface area contributed by atoms with Crippen molar-refractivity contribution in [2.75, 3.05) is 19.7 Å². The number of sulfonamides is 1. The lowest BCUT2D eigenvalue weighted by Crippen LogP contribution is -2.34. The van der Waals surface area contributed by atoms with E-state index in [0.717, 1.165) is 4.88 Å². The van der Waals surface area contributed by atoms with Gasteiger partial charge in [0.15, 0.2) is 6.61 Å². The third-order valence-corrected chi connectivity index (χ3v) is 5.74. The van der Waals surface area contributed by atoms with Crippen LogP contribution in [0.5, 0.6) is 0 Å². The minimum atomic E-state index is -4.05. The topological polar surface area (TPSA) is 125 Å². The van der Waals surface area contributed by atoms with Crippen molar-refractivity contribution in [3.8, 4) is 6.07 Å². The fourth-order valence-corrected chi connectivity index (χ4v) is 3.89. The molecule has 0 unspecified atom stereocenters. The van der Waals surface area contributed by atoms with Crippen LogP contribution in [-0.2, 0) is 30.8 Å². The number of rotatable bonds is 9. The van der Waals surface area contributed by atoms with Crippen molar-refractivity contribution in [1.29, 1.82) is 5.26 Å². The molecule has 0 saturated heterocycles. The van der Waals surface area contributed by atoms with Crippen molar-refractivity contribution < 1.29 is 22.7 Å². The van der Waals surface area contributed by atoms with Crippen molar-refractivity contribution in [2.24, 2.45) is 0 Å². The number of carbonyl (C=O) groups excluding carboxylic acids is 2. The molecular weight excluding hydrogens is 390 g/mol. The van der Waals surface area contributed by atoms with E-state index in [4.69, 9.17) is 10.00 Å². The maximum absolute atomic E-state index is 12.2. The summed E-state index contributed by atoms with van der Waals surface area (Å²) in [6, 6.07) is 11.2. The lowest BCUT2D eigenvalue weighted by atomic mass is 10.2. The smallest absolute Gasteiger partial charge is 0.321 e. The normalized spacial score (nSPS) is 10.8. The van der Waals surface area contributed by atoms with Crippen LogP contribution in [0.3, 0.4) is 0 Å². The predicted octanol–water partition coefficient (Wildman–Crippen LogP) is 0.800. The Kier molecular flexibility index (Phi) is 7.48. The van der Waals surface area contributed by atoms with E-state index >= 15 is 0 Å². The first-order valence-electron chi connectivity index (χ1n) is 7.86. The summed E-state index contributed by atoms with van der Waals surface area (Å²) in [5.41, 5.74) is -0.0384. The van der Waals surface area contributed by atoms with Gasteiger partial charge in [-0.05, 0) is 30.0 Å². The maximum atomic E-state index is 12.2. The highest BCUT2D eigenvalue weighted by atomic mass is 32.2. The fourth-order valence-electron chi connectivity index (χ4n) is 2.05. The number of ether oxygens (including phenoxy) is 1. The molecule has 10 heteroatoms. The lowest BCUT2D eigenvalue weighted by molar-refractivity contribution is -0.147. The quantitative estimate of drug-likeness (QED) is 0.592. The molecule has 0 bridgehead atoms. The van der Waals surface area contributed by atoms with Crippen LogP contribution < -0.4 is 10.0 Å². The molecule has 0 atom stereocenters. The van der Waals surface area contributed by atoms with E-state index in [1.54, 1.807) is 17.4 Å². The van der Waals surface area contributed by atoms with Gasteiger partial charge in [-0.2, -0.15) is 9.98 Å². The van der Waals surface area contributed by atoms with Gasteiger partial charge in [0.25, 0.3) is 5.91 Å². The van der Waals surface area contributed by atoms with Crippen LogP contribution in [-0.4, -0.2) is 40.0 Å². The van der Waals surface area contributed by atoms with Crippen molar-refractivity contribution in [1.82, 2.24) is 10.0 Å². The van der Waals surface area contributed by atoms with Crippen LogP contribution in [0, 0.1) is 11.3 Å². The molecular formula is C17H17N3O5S2. The van der Waals surface area contributed by atoms with Crippen LogP contribution in [0.1, 0.15) is 10.4 Å². The van der Waals surface area contributed by atoms with Gasteiger partial charge in [0.2, 0.25) is 10.0 Å². The van der Waals surface area contributed by atoms with Crippen LogP contribution >= 0.6 is 11.3 Å². The van der Waals surface area contributed by atoms with E-state index < -0.39 is 35.1 Å². The molecule has 1 heterocycles. The van der Waals surface area contributed by atoms with Crippen molar-refractivity contribution >= 4 is 33.2 Å². The zero-order valence-corrected chi connectivity index (χ0v) is 15.8. The number of thiophene rings is 1. The molecule has 1 aromatic carbocycles. The third-order valence-electron chi connectivity index (χ3n) is 3.34. The van der Waals surface area contributed by atoms with Crippen LogP contribution in [0.15, 0.2) is 46.7 Å². The van der Waals surface area contributed by atoms with E-state index in [-0.39, 0.29) is 10.5 Å². The second-order valence-electron chi connectivity index (χ2n) is 5.27. The minimum Gasteiger partial charge on any atom is -0.455 e. The summed E-state index contributed by atoms with van der Waals surface area (Å²) in [6.07, 6.45) is 0.676. The Bertz CT molecular complexity index is 934. The minimum absolute atomic E-state index is 0.0384. The van der Waals surface area contributed by atoms with Crippen LogP contribution in [0.4, 0.5) is 0 Å². The van der Waals surface area contributed by atoms with Crippen molar-refractivity contribution in [2.45, 2.75) is 11.3 Å². The summed E-state index contributed by atoms with van der Waals surface area (Å²) in [7, 11) is -4.05. The van der Waals surface area contributed by atoms with Gasteiger partial charge in [-0.15, -0.1) is 11.3 Å². The number of hydrogen-bond acceptors (Lipinski definition) is 7. The molecule has 0 spiro atoms. The Hall–Kier alpha value is -2.74. The highest BCUT2D eigenvalue weighted by Gasteiger charge is 2.19. The summed E-state index contributed by atoms with van der Waals surface area (Å²) < 4.78 is 31.1. The Morgan fingerprint density at radius 2 is 1.96 bits per heavy atom. The third kappa shape index (κ3) is 6.49. The van der Waals surface area contributed by atoms with E-state index in [2.05, 4.69) is 10.0 Å². The second kappa shape index (κ2) is 9.82. The highest BCUT2D eigenvalue weighted by Crippen LogP contribution is 2.13. The Balaban J connectivity index is 1.73. The largest absolute Gasteiger partial charge is 0.455 e. The molecule has 27 heavy (non-hydrogen) atoms. The van der Waals surface area contributed by atoms with E-state index in [1.165, 1.54) is 24.3 Å². The number of nitrogens with zero attached hydrogens (tertiary/aromatic N) is 1. The van der Waals surface area contributed by atoms with E-state index in [9.17, 15) is 18.0 Å². The number of esters is 1. The highest BCUT2D eigenvalue weighted by molar-refractivity contribution is 7.89. The monoisotopic (exact) mass is 407 g/mol. The SMILES string of the molecule is N#Cc1ccccc1S(=O)(=O)NCC(=O)OCC(=O)NCCc1cccs1. The van der Waals surface area contributed by atoms with Gasteiger partial charge in [-0.25, -0.2) is 8.42 Å². The first kappa shape index (κ1) is 20.6. The van der Waals surface area contributed by atoms with Crippen LogP contribution in [0.25, 0.3) is 0 Å². The molecule has 0 aliphatic carbocycles. The second-order valence-corrected chi connectivity index (χ2v) is 8.04. The van der Waals surface area contributed by atoms with Crippen molar-refractivity contribution in [3.63, 3.8) is 0 Å². The molecule has 8 nitrogen and oxygen atoms in total. The van der Waals surface area contributed by atoms with Gasteiger partial charge in [-0.3, -0.25) is 9.59 Å². The number of carbonyl (C=O) groups is 2. The molecule has 2 rings (SSSR count). The Labute approximate surface area is 160 Å². The van der Waals surface area contributed by atoms with Gasteiger partial charge in [0, 0.05) is 11.4 Å². The number of nitrogens with one attached hydrogen (secondary N) is 2. The average Bonchev–Trinajstić information content (AvgIpc) is 3.18. The van der Waals surface area contributed by atoms with E-state index in [1.807, 2.05) is 17.5 Å². The summed E-state index contributed by atoms with van der Waals surface area (Å²) in [4.78, 5) is 24.2.